The van der Waals surface area contributed by atoms with Crippen molar-refractivity contribution in [3.05, 3.63) is 44.7 Å². The van der Waals surface area contributed by atoms with E-state index in [1.807, 2.05) is 25.1 Å². The van der Waals surface area contributed by atoms with Crippen LogP contribution in [0.2, 0.25) is 10.3 Å². The molecule has 88 valence electrons. The van der Waals surface area contributed by atoms with Crippen LogP contribution in [-0.4, -0.2) is 9.97 Å². The molecule has 6 heteroatoms. The van der Waals surface area contributed by atoms with Crippen molar-refractivity contribution in [2.24, 2.45) is 0 Å². The standard InChI is InChI=1S/C11H8BrCl2N3/c1-6-3-2-4-8(9(6)12)16-10-7(13)5-15-11(14)17-10/h2-5H,1H3,(H,15,16,17). The van der Waals surface area contributed by atoms with Gasteiger partial charge < -0.3 is 5.32 Å². The first-order valence-electron chi connectivity index (χ1n) is 4.78. The summed E-state index contributed by atoms with van der Waals surface area (Å²) in [6.45, 7) is 2.00. The zero-order valence-corrected chi connectivity index (χ0v) is 11.9. The molecule has 0 atom stereocenters. The number of anilines is 2. The van der Waals surface area contributed by atoms with Gasteiger partial charge in [-0.1, -0.05) is 23.7 Å². The molecule has 1 aromatic carbocycles. The van der Waals surface area contributed by atoms with E-state index in [0.717, 1.165) is 15.7 Å². The molecule has 2 aromatic rings. The maximum absolute atomic E-state index is 5.98. The fourth-order valence-electron chi connectivity index (χ4n) is 1.30. The highest BCUT2D eigenvalue weighted by Crippen LogP contribution is 2.30. The zero-order valence-electron chi connectivity index (χ0n) is 8.84. The summed E-state index contributed by atoms with van der Waals surface area (Å²) >= 11 is 15.2. The van der Waals surface area contributed by atoms with E-state index >= 15 is 0 Å². The predicted molar refractivity (Wildman–Crippen MR) is 74.2 cm³/mol. The first-order chi connectivity index (χ1) is 8.08. The number of hydrogen-bond donors (Lipinski definition) is 1. The van der Waals surface area contributed by atoms with E-state index in [4.69, 9.17) is 23.2 Å². The average molecular weight is 333 g/mol. The van der Waals surface area contributed by atoms with Gasteiger partial charge in [-0.15, -0.1) is 0 Å². The summed E-state index contributed by atoms with van der Waals surface area (Å²) < 4.78 is 0.964. The van der Waals surface area contributed by atoms with E-state index in [-0.39, 0.29) is 5.28 Å². The predicted octanol–water partition coefficient (Wildman–Crippen LogP) is 4.60. The van der Waals surface area contributed by atoms with Gasteiger partial charge in [0.15, 0.2) is 5.82 Å². The summed E-state index contributed by atoms with van der Waals surface area (Å²) in [6.07, 6.45) is 1.46. The van der Waals surface area contributed by atoms with Gasteiger partial charge in [-0.05, 0) is 46.1 Å². The Morgan fingerprint density at radius 1 is 1.29 bits per heavy atom. The summed E-state index contributed by atoms with van der Waals surface area (Å²) in [4.78, 5) is 7.82. The quantitative estimate of drug-likeness (QED) is 0.817. The lowest BCUT2D eigenvalue weighted by molar-refractivity contribution is 1.17. The van der Waals surface area contributed by atoms with Crippen LogP contribution in [0.5, 0.6) is 0 Å². The third-order valence-electron chi connectivity index (χ3n) is 2.16. The Balaban J connectivity index is 2.38. The first kappa shape index (κ1) is 12.6. The summed E-state index contributed by atoms with van der Waals surface area (Å²) in [5.41, 5.74) is 1.99. The molecule has 0 aliphatic carbocycles. The highest BCUT2D eigenvalue weighted by atomic mass is 79.9. The van der Waals surface area contributed by atoms with Crippen molar-refractivity contribution in [1.82, 2.24) is 9.97 Å². The van der Waals surface area contributed by atoms with Gasteiger partial charge in [-0.3, -0.25) is 0 Å². The second-order valence-corrected chi connectivity index (χ2v) is 4.94. The van der Waals surface area contributed by atoms with Crippen LogP contribution in [0.15, 0.2) is 28.9 Å². The molecular formula is C11H8BrCl2N3. The van der Waals surface area contributed by atoms with Gasteiger partial charge in [0.05, 0.1) is 11.9 Å². The number of aromatic nitrogens is 2. The number of rotatable bonds is 2. The van der Waals surface area contributed by atoms with Crippen molar-refractivity contribution in [2.75, 3.05) is 5.32 Å². The second-order valence-electron chi connectivity index (χ2n) is 3.40. The van der Waals surface area contributed by atoms with E-state index < -0.39 is 0 Å². The molecule has 0 aliphatic rings. The van der Waals surface area contributed by atoms with Gasteiger partial charge in [-0.25, -0.2) is 4.98 Å². The lowest BCUT2D eigenvalue weighted by atomic mass is 10.2. The van der Waals surface area contributed by atoms with Crippen LogP contribution >= 0.6 is 39.1 Å². The number of nitrogens with one attached hydrogen (secondary N) is 1. The fraction of sp³-hybridized carbons (Fsp3) is 0.0909. The smallest absolute Gasteiger partial charge is 0.224 e. The van der Waals surface area contributed by atoms with E-state index in [0.29, 0.717) is 10.8 Å². The van der Waals surface area contributed by atoms with Crippen molar-refractivity contribution >= 4 is 50.6 Å². The fourth-order valence-corrected chi connectivity index (χ4v) is 1.94. The number of benzene rings is 1. The molecule has 0 bridgehead atoms. The Kier molecular flexibility index (Phi) is 3.86. The Labute approximate surface area is 117 Å². The van der Waals surface area contributed by atoms with Crippen LogP contribution in [0, 0.1) is 6.92 Å². The van der Waals surface area contributed by atoms with Crippen molar-refractivity contribution in [1.29, 1.82) is 0 Å². The molecule has 1 N–H and O–H groups in total. The van der Waals surface area contributed by atoms with Gasteiger partial charge in [0.2, 0.25) is 5.28 Å². The van der Waals surface area contributed by atoms with Crippen LogP contribution in [0.4, 0.5) is 11.5 Å². The third-order valence-corrected chi connectivity index (χ3v) is 3.67. The maximum atomic E-state index is 5.98. The molecule has 17 heavy (non-hydrogen) atoms. The minimum absolute atomic E-state index is 0.153. The summed E-state index contributed by atoms with van der Waals surface area (Å²) in [5, 5.41) is 3.68. The molecule has 0 saturated heterocycles. The monoisotopic (exact) mass is 331 g/mol. The normalized spacial score (nSPS) is 10.4. The van der Waals surface area contributed by atoms with Gasteiger partial charge >= 0.3 is 0 Å². The summed E-state index contributed by atoms with van der Waals surface area (Å²) in [7, 11) is 0. The van der Waals surface area contributed by atoms with Crippen LogP contribution in [0.25, 0.3) is 0 Å². The van der Waals surface area contributed by atoms with Crippen LogP contribution in [-0.2, 0) is 0 Å². The van der Waals surface area contributed by atoms with Crippen molar-refractivity contribution < 1.29 is 0 Å². The molecule has 1 heterocycles. The van der Waals surface area contributed by atoms with E-state index in [9.17, 15) is 0 Å². The van der Waals surface area contributed by atoms with Gasteiger partial charge in [0, 0.05) is 4.47 Å². The molecule has 0 radical (unpaired) electrons. The minimum atomic E-state index is 0.153. The Morgan fingerprint density at radius 3 is 2.82 bits per heavy atom. The molecule has 0 spiro atoms. The second kappa shape index (κ2) is 5.21. The van der Waals surface area contributed by atoms with E-state index in [1.54, 1.807) is 0 Å². The Hall–Kier alpha value is -0.840. The zero-order chi connectivity index (χ0) is 12.4. The molecule has 0 aliphatic heterocycles. The molecule has 2 rings (SSSR count). The number of halogens is 3. The first-order valence-corrected chi connectivity index (χ1v) is 6.33. The van der Waals surface area contributed by atoms with E-state index in [1.165, 1.54) is 6.20 Å². The van der Waals surface area contributed by atoms with Crippen molar-refractivity contribution in [3.8, 4) is 0 Å². The lowest BCUT2D eigenvalue weighted by Crippen LogP contribution is -1.97. The summed E-state index contributed by atoms with van der Waals surface area (Å²) in [5.74, 6) is 0.484. The molecular weight excluding hydrogens is 325 g/mol. The number of aryl methyl sites for hydroxylation is 1. The van der Waals surface area contributed by atoms with Gasteiger partial charge in [-0.2, -0.15) is 4.98 Å². The van der Waals surface area contributed by atoms with Crippen molar-refractivity contribution in [2.45, 2.75) is 6.92 Å². The number of nitrogens with zero attached hydrogens (tertiary/aromatic N) is 2. The minimum Gasteiger partial charge on any atom is -0.338 e. The Morgan fingerprint density at radius 2 is 2.06 bits per heavy atom. The average Bonchev–Trinajstić information content (AvgIpc) is 2.30. The largest absolute Gasteiger partial charge is 0.338 e. The maximum Gasteiger partial charge on any atom is 0.224 e. The van der Waals surface area contributed by atoms with Crippen LogP contribution < -0.4 is 5.32 Å². The summed E-state index contributed by atoms with van der Waals surface area (Å²) in [6, 6.07) is 5.87. The highest BCUT2D eigenvalue weighted by molar-refractivity contribution is 9.10. The molecule has 0 fully saturated rings. The SMILES string of the molecule is Cc1cccc(Nc2nc(Cl)ncc2Cl)c1Br. The molecule has 0 saturated carbocycles. The Bertz CT molecular complexity index is 560. The molecule has 0 amide bonds. The third kappa shape index (κ3) is 2.89. The number of hydrogen-bond acceptors (Lipinski definition) is 3. The van der Waals surface area contributed by atoms with Crippen LogP contribution in [0.3, 0.4) is 0 Å². The topological polar surface area (TPSA) is 37.8 Å². The molecule has 1 aromatic heterocycles. The van der Waals surface area contributed by atoms with E-state index in [2.05, 4.69) is 31.2 Å². The molecule has 0 unspecified atom stereocenters. The highest BCUT2D eigenvalue weighted by Gasteiger charge is 2.07. The molecule has 3 nitrogen and oxygen atoms in total. The van der Waals surface area contributed by atoms with Crippen LogP contribution in [0.1, 0.15) is 5.56 Å². The van der Waals surface area contributed by atoms with Gasteiger partial charge in [0.25, 0.3) is 0 Å². The van der Waals surface area contributed by atoms with Gasteiger partial charge in [0.1, 0.15) is 5.02 Å². The van der Waals surface area contributed by atoms with Crippen molar-refractivity contribution in [3.63, 3.8) is 0 Å². The lowest BCUT2D eigenvalue weighted by Gasteiger charge is -2.10.